The van der Waals surface area contributed by atoms with Crippen LogP contribution in [-0.2, 0) is 0 Å². The molecule has 0 aliphatic rings. The fourth-order valence-corrected chi connectivity index (χ4v) is 1.00. The van der Waals surface area contributed by atoms with Gasteiger partial charge in [-0.1, -0.05) is 11.6 Å². The van der Waals surface area contributed by atoms with Crippen LogP contribution in [0.25, 0.3) is 0 Å². The second-order valence-electron chi connectivity index (χ2n) is 2.66. The molecular formula is C9H11Cl2NO. The first kappa shape index (κ1) is 12.4. The second-order valence-corrected chi connectivity index (χ2v) is 3.10. The van der Waals surface area contributed by atoms with E-state index in [-0.39, 0.29) is 18.2 Å². The van der Waals surface area contributed by atoms with Crippen LogP contribution < -0.4 is 5.73 Å². The summed E-state index contributed by atoms with van der Waals surface area (Å²) in [6, 6.07) is 6.25. The molecule has 2 nitrogen and oxygen atoms in total. The number of ketones is 1. The van der Waals surface area contributed by atoms with Crippen LogP contribution in [0.4, 0.5) is 0 Å². The predicted octanol–water partition coefficient (Wildman–Crippen LogP) is 2.29. The summed E-state index contributed by atoms with van der Waals surface area (Å²) >= 11 is 5.65. The summed E-state index contributed by atoms with van der Waals surface area (Å²) in [5.41, 5.74) is 6.03. The standard InChI is InChI=1S/C9H10ClNO.ClH/c1-6(11)9(12)7-2-4-8(10)5-3-7;/h2-6H,11H2,1H3;1H. The molecule has 0 saturated heterocycles. The fourth-order valence-electron chi connectivity index (χ4n) is 0.877. The molecule has 0 heterocycles. The van der Waals surface area contributed by atoms with E-state index in [0.29, 0.717) is 10.6 Å². The van der Waals surface area contributed by atoms with E-state index in [0.717, 1.165) is 0 Å². The zero-order chi connectivity index (χ0) is 9.14. The SMILES string of the molecule is CC(N)C(=O)c1ccc(Cl)cc1.Cl. The number of hydrogen-bond acceptors (Lipinski definition) is 2. The van der Waals surface area contributed by atoms with E-state index in [1.54, 1.807) is 31.2 Å². The molecule has 0 bridgehead atoms. The fraction of sp³-hybridized carbons (Fsp3) is 0.222. The van der Waals surface area contributed by atoms with E-state index in [1.807, 2.05) is 0 Å². The number of nitrogens with two attached hydrogens (primary N) is 1. The highest BCUT2D eigenvalue weighted by Crippen LogP contribution is 2.10. The number of benzene rings is 1. The molecule has 4 heteroatoms. The van der Waals surface area contributed by atoms with Crippen molar-refractivity contribution in [1.82, 2.24) is 0 Å². The van der Waals surface area contributed by atoms with E-state index < -0.39 is 6.04 Å². The maximum atomic E-state index is 11.3. The third-order valence-electron chi connectivity index (χ3n) is 1.54. The molecule has 1 atom stereocenters. The van der Waals surface area contributed by atoms with Crippen molar-refractivity contribution in [2.75, 3.05) is 0 Å². The number of carbonyl (C=O) groups is 1. The van der Waals surface area contributed by atoms with E-state index in [9.17, 15) is 4.79 Å². The zero-order valence-electron chi connectivity index (χ0n) is 7.16. The first-order chi connectivity index (χ1) is 5.61. The van der Waals surface area contributed by atoms with Crippen LogP contribution in [0.15, 0.2) is 24.3 Å². The minimum atomic E-state index is -0.453. The van der Waals surface area contributed by atoms with E-state index in [1.165, 1.54) is 0 Å². The molecule has 0 fully saturated rings. The molecule has 0 radical (unpaired) electrons. The van der Waals surface area contributed by atoms with Gasteiger partial charge in [0.15, 0.2) is 5.78 Å². The summed E-state index contributed by atoms with van der Waals surface area (Å²) in [7, 11) is 0. The van der Waals surface area contributed by atoms with Crippen molar-refractivity contribution in [3.63, 3.8) is 0 Å². The molecule has 2 N–H and O–H groups in total. The number of hydrogen-bond donors (Lipinski definition) is 1. The molecule has 72 valence electrons. The van der Waals surface area contributed by atoms with Crippen LogP contribution in [0.5, 0.6) is 0 Å². The Morgan fingerprint density at radius 2 is 1.85 bits per heavy atom. The predicted molar refractivity (Wildman–Crippen MR) is 56.7 cm³/mol. The minimum absolute atomic E-state index is 0. The Morgan fingerprint density at radius 3 is 2.23 bits per heavy atom. The third-order valence-corrected chi connectivity index (χ3v) is 1.79. The molecule has 0 spiro atoms. The van der Waals surface area contributed by atoms with Gasteiger partial charge in [0.1, 0.15) is 0 Å². The monoisotopic (exact) mass is 219 g/mol. The van der Waals surface area contributed by atoms with Gasteiger partial charge >= 0.3 is 0 Å². The van der Waals surface area contributed by atoms with Crippen LogP contribution in [-0.4, -0.2) is 11.8 Å². The lowest BCUT2D eigenvalue weighted by Gasteiger charge is -2.03. The number of rotatable bonds is 2. The van der Waals surface area contributed by atoms with Gasteiger partial charge in [-0.15, -0.1) is 12.4 Å². The van der Waals surface area contributed by atoms with Crippen LogP contribution in [0.1, 0.15) is 17.3 Å². The van der Waals surface area contributed by atoms with Crippen molar-refractivity contribution in [2.24, 2.45) is 5.73 Å². The molecule has 1 aromatic carbocycles. The third kappa shape index (κ3) is 3.35. The minimum Gasteiger partial charge on any atom is -0.321 e. The van der Waals surface area contributed by atoms with Crippen LogP contribution in [0.2, 0.25) is 5.02 Å². The molecule has 0 aliphatic heterocycles. The molecule has 0 aliphatic carbocycles. The molecule has 1 unspecified atom stereocenters. The van der Waals surface area contributed by atoms with Gasteiger partial charge in [-0.3, -0.25) is 4.79 Å². The first-order valence-corrected chi connectivity index (χ1v) is 4.04. The lowest BCUT2D eigenvalue weighted by molar-refractivity contribution is 0.0968. The smallest absolute Gasteiger partial charge is 0.179 e. The van der Waals surface area contributed by atoms with E-state index >= 15 is 0 Å². The Balaban J connectivity index is 0.00000144. The van der Waals surface area contributed by atoms with E-state index in [4.69, 9.17) is 17.3 Å². The van der Waals surface area contributed by atoms with Gasteiger partial charge in [0.2, 0.25) is 0 Å². The molecule has 0 aromatic heterocycles. The normalized spacial score (nSPS) is 11.6. The molecule has 13 heavy (non-hydrogen) atoms. The highest BCUT2D eigenvalue weighted by atomic mass is 35.5. The maximum Gasteiger partial charge on any atom is 0.179 e. The Bertz CT molecular complexity index is 282. The van der Waals surface area contributed by atoms with Crippen molar-refractivity contribution >= 4 is 29.8 Å². The molecular weight excluding hydrogens is 209 g/mol. The van der Waals surface area contributed by atoms with Gasteiger partial charge in [0.25, 0.3) is 0 Å². The van der Waals surface area contributed by atoms with Gasteiger partial charge < -0.3 is 5.73 Å². The van der Waals surface area contributed by atoms with Crippen LogP contribution >= 0.6 is 24.0 Å². The summed E-state index contributed by atoms with van der Waals surface area (Å²) in [4.78, 5) is 11.3. The Labute approximate surface area is 88.5 Å². The summed E-state index contributed by atoms with van der Waals surface area (Å²) in [6.07, 6.45) is 0. The highest BCUT2D eigenvalue weighted by Gasteiger charge is 2.09. The largest absolute Gasteiger partial charge is 0.321 e. The molecule has 0 amide bonds. The zero-order valence-corrected chi connectivity index (χ0v) is 8.73. The van der Waals surface area contributed by atoms with Crippen molar-refractivity contribution in [3.8, 4) is 0 Å². The Morgan fingerprint density at radius 1 is 1.38 bits per heavy atom. The van der Waals surface area contributed by atoms with Crippen LogP contribution in [0.3, 0.4) is 0 Å². The van der Waals surface area contributed by atoms with Gasteiger partial charge in [-0.2, -0.15) is 0 Å². The summed E-state index contributed by atoms with van der Waals surface area (Å²) in [5.74, 6) is -0.0633. The number of halogens is 2. The molecule has 1 rings (SSSR count). The molecule has 0 saturated carbocycles. The maximum absolute atomic E-state index is 11.3. The topological polar surface area (TPSA) is 43.1 Å². The van der Waals surface area contributed by atoms with Crippen LogP contribution in [0, 0.1) is 0 Å². The van der Waals surface area contributed by atoms with Gasteiger partial charge in [-0.25, -0.2) is 0 Å². The molecule has 1 aromatic rings. The van der Waals surface area contributed by atoms with Crippen molar-refractivity contribution < 1.29 is 4.79 Å². The van der Waals surface area contributed by atoms with Crippen molar-refractivity contribution in [2.45, 2.75) is 13.0 Å². The van der Waals surface area contributed by atoms with E-state index in [2.05, 4.69) is 0 Å². The average molecular weight is 220 g/mol. The lowest BCUT2D eigenvalue weighted by atomic mass is 10.1. The van der Waals surface area contributed by atoms with Crippen molar-refractivity contribution in [3.05, 3.63) is 34.9 Å². The average Bonchev–Trinajstić information content (AvgIpc) is 2.04. The Hall–Kier alpha value is -0.570. The summed E-state index contributed by atoms with van der Waals surface area (Å²) in [5, 5.41) is 0.622. The number of Topliss-reactive ketones (excluding diaryl/α,β-unsaturated/α-hetero) is 1. The Kier molecular flexibility index (Phi) is 4.99. The summed E-state index contributed by atoms with van der Waals surface area (Å²) in [6.45, 7) is 1.66. The number of carbonyl (C=O) groups excluding carboxylic acids is 1. The highest BCUT2D eigenvalue weighted by molar-refractivity contribution is 6.30. The quantitative estimate of drug-likeness (QED) is 0.777. The first-order valence-electron chi connectivity index (χ1n) is 3.66. The summed E-state index contributed by atoms with van der Waals surface area (Å²) < 4.78 is 0. The van der Waals surface area contributed by atoms with Gasteiger partial charge in [-0.05, 0) is 31.2 Å². The lowest BCUT2D eigenvalue weighted by Crippen LogP contribution is -2.26. The van der Waals surface area contributed by atoms with Crippen molar-refractivity contribution in [1.29, 1.82) is 0 Å². The van der Waals surface area contributed by atoms with Gasteiger partial charge in [0, 0.05) is 10.6 Å². The van der Waals surface area contributed by atoms with Gasteiger partial charge in [0.05, 0.1) is 6.04 Å². The second kappa shape index (κ2) is 5.22.